The molecule has 0 amide bonds. The van der Waals surface area contributed by atoms with Gasteiger partial charge < -0.3 is 10.4 Å². The molecule has 1 heterocycles. The van der Waals surface area contributed by atoms with E-state index in [1.165, 1.54) is 23.1 Å². The fourth-order valence-electron chi connectivity index (χ4n) is 1.29. The zero-order chi connectivity index (χ0) is 12.1. The molecule has 1 aromatic carbocycles. The monoisotopic (exact) mass is 267 g/mol. The predicted octanol–water partition coefficient (Wildman–Crippen LogP) is 2.41. The molecule has 0 radical (unpaired) electrons. The van der Waals surface area contributed by atoms with Crippen LogP contribution < -0.4 is 5.32 Å². The maximum atomic E-state index is 9.97. The zero-order valence-corrected chi connectivity index (χ0v) is 11.0. The van der Waals surface area contributed by atoms with Crippen molar-refractivity contribution in [1.82, 2.24) is 10.2 Å². The molecule has 0 saturated heterocycles. The molecule has 2 rings (SSSR count). The highest BCUT2D eigenvalue weighted by molar-refractivity contribution is 8.01. The number of nitrogens with zero attached hydrogens (tertiary/aromatic N) is 2. The van der Waals surface area contributed by atoms with Gasteiger partial charge in [0.05, 0.1) is 6.10 Å². The molecule has 1 aromatic heterocycles. The van der Waals surface area contributed by atoms with Crippen LogP contribution in [0.2, 0.25) is 0 Å². The maximum Gasteiger partial charge on any atom is 0.206 e. The van der Waals surface area contributed by atoms with E-state index in [1.807, 2.05) is 37.4 Å². The van der Waals surface area contributed by atoms with Crippen molar-refractivity contribution in [3.8, 4) is 0 Å². The molecule has 0 aliphatic heterocycles. The summed E-state index contributed by atoms with van der Waals surface area (Å²) in [5.41, 5.74) is 0.929. The molecule has 6 heteroatoms. The Morgan fingerprint density at radius 1 is 1.35 bits per heavy atom. The second kappa shape index (κ2) is 6.00. The summed E-state index contributed by atoms with van der Waals surface area (Å²) >= 11 is 3.00. The van der Waals surface area contributed by atoms with Crippen LogP contribution in [0.25, 0.3) is 0 Å². The smallest absolute Gasteiger partial charge is 0.206 e. The zero-order valence-electron chi connectivity index (χ0n) is 9.33. The molecule has 0 spiro atoms. The summed E-state index contributed by atoms with van der Waals surface area (Å²) in [6, 6.07) is 9.63. The van der Waals surface area contributed by atoms with E-state index in [9.17, 15) is 5.11 Å². The molecule has 90 valence electrons. The highest BCUT2D eigenvalue weighted by atomic mass is 32.2. The van der Waals surface area contributed by atoms with Crippen molar-refractivity contribution in [2.24, 2.45) is 0 Å². The molecular formula is C11H13N3OS2. The van der Waals surface area contributed by atoms with Crippen molar-refractivity contribution < 1.29 is 5.11 Å². The molecule has 17 heavy (non-hydrogen) atoms. The minimum absolute atomic E-state index is 0.469. The van der Waals surface area contributed by atoms with Crippen LogP contribution in [0.15, 0.2) is 34.7 Å². The van der Waals surface area contributed by atoms with Gasteiger partial charge in [0, 0.05) is 12.8 Å². The lowest BCUT2D eigenvalue weighted by atomic mass is 10.1. The summed E-state index contributed by atoms with van der Waals surface area (Å²) in [5.74, 6) is 0.586. The van der Waals surface area contributed by atoms with Crippen LogP contribution in [0.3, 0.4) is 0 Å². The normalized spacial score (nSPS) is 12.4. The number of thioether (sulfide) groups is 1. The number of aliphatic hydroxyl groups excluding tert-OH is 1. The summed E-state index contributed by atoms with van der Waals surface area (Å²) < 4.78 is 0.865. The van der Waals surface area contributed by atoms with Crippen molar-refractivity contribution >= 4 is 28.2 Å². The first-order valence-corrected chi connectivity index (χ1v) is 6.97. The van der Waals surface area contributed by atoms with Crippen LogP contribution in [0.1, 0.15) is 11.7 Å². The van der Waals surface area contributed by atoms with E-state index in [-0.39, 0.29) is 0 Å². The first-order valence-electron chi connectivity index (χ1n) is 5.16. The summed E-state index contributed by atoms with van der Waals surface area (Å²) in [6.07, 6.45) is -0.469. The molecule has 4 nitrogen and oxygen atoms in total. The summed E-state index contributed by atoms with van der Waals surface area (Å²) in [5, 5.41) is 21.6. The number of hydrogen-bond acceptors (Lipinski definition) is 6. The number of rotatable bonds is 5. The van der Waals surface area contributed by atoms with Gasteiger partial charge in [-0.3, -0.25) is 0 Å². The van der Waals surface area contributed by atoms with Gasteiger partial charge in [-0.1, -0.05) is 53.4 Å². The SMILES string of the molecule is CNc1nnc(SC[C@@H](O)c2ccccc2)s1. The lowest BCUT2D eigenvalue weighted by Gasteiger charge is -2.08. The van der Waals surface area contributed by atoms with Gasteiger partial charge in [0.1, 0.15) is 0 Å². The highest BCUT2D eigenvalue weighted by Crippen LogP contribution is 2.28. The quantitative estimate of drug-likeness (QED) is 0.815. The Balaban J connectivity index is 1.90. The van der Waals surface area contributed by atoms with Crippen molar-refractivity contribution in [2.75, 3.05) is 18.1 Å². The standard InChI is InChI=1S/C11H13N3OS2/c1-12-10-13-14-11(17-10)16-7-9(15)8-5-3-2-4-6-8/h2-6,9,15H,7H2,1H3,(H,12,13)/t9-/m1/s1. The summed E-state index contributed by atoms with van der Waals surface area (Å²) in [4.78, 5) is 0. The van der Waals surface area contributed by atoms with Crippen LogP contribution in [-0.4, -0.2) is 28.1 Å². The van der Waals surface area contributed by atoms with Crippen molar-refractivity contribution in [3.63, 3.8) is 0 Å². The number of benzene rings is 1. The van der Waals surface area contributed by atoms with Crippen LogP contribution in [0.5, 0.6) is 0 Å². The number of nitrogens with one attached hydrogen (secondary N) is 1. The number of aromatic nitrogens is 2. The molecule has 0 fully saturated rings. The van der Waals surface area contributed by atoms with Gasteiger partial charge in [-0.25, -0.2) is 0 Å². The van der Waals surface area contributed by atoms with Crippen LogP contribution in [0, 0.1) is 0 Å². The van der Waals surface area contributed by atoms with E-state index in [0.717, 1.165) is 15.0 Å². The Kier molecular flexibility index (Phi) is 4.36. The second-order valence-corrected chi connectivity index (χ2v) is 5.61. The van der Waals surface area contributed by atoms with Gasteiger partial charge in [0.25, 0.3) is 0 Å². The van der Waals surface area contributed by atoms with E-state index in [4.69, 9.17) is 0 Å². The van der Waals surface area contributed by atoms with Gasteiger partial charge in [-0.2, -0.15) is 0 Å². The molecule has 0 unspecified atom stereocenters. The first-order chi connectivity index (χ1) is 8.29. The third-order valence-electron chi connectivity index (χ3n) is 2.17. The van der Waals surface area contributed by atoms with Crippen LogP contribution >= 0.6 is 23.1 Å². The average Bonchev–Trinajstić information content (AvgIpc) is 2.85. The Morgan fingerprint density at radius 2 is 2.12 bits per heavy atom. The van der Waals surface area contributed by atoms with Crippen molar-refractivity contribution in [1.29, 1.82) is 0 Å². The minimum atomic E-state index is -0.469. The highest BCUT2D eigenvalue weighted by Gasteiger charge is 2.10. The van der Waals surface area contributed by atoms with Gasteiger partial charge in [-0.15, -0.1) is 10.2 Å². The molecular weight excluding hydrogens is 254 g/mol. The van der Waals surface area contributed by atoms with Gasteiger partial charge in [0.2, 0.25) is 5.13 Å². The molecule has 2 N–H and O–H groups in total. The fourth-order valence-corrected chi connectivity index (χ4v) is 2.99. The number of hydrogen-bond donors (Lipinski definition) is 2. The van der Waals surface area contributed by atoms with Crippen LogP contribution in [0.4, 0.5) is 5.13 Å². The number of anilines is 1. The third kappa shape index (κ3) is 3.42. The van der Waals surface area contributed by atoms with Crippen molar-refractivity contribution in [2.45, 2.75) is 10.4 Å². The minimum Gasteiger partial charge on any atom is -0.388 e. The van der Waals surface area contributed by atoms with E-state index in [0.29, 0.717) is 5.75 Å². The molecule has 0 aliphatic rings. The third-order valence-corrected chi connectivity index (χ3v) is 4.32. The van der Waals surface area contributed by atoms with Crippen LogP contribution in [-0.2, 0) is 0 Å². The molecule has 0 aliphatic carbocycles. The van der Waals surface area contributed by atoms with E-state index in [2.05, 4.69) is 15.5 Å². The topological polar surface area (TPSA) is 58.0 Å². The summed E-state index contributed by atoms with van der Waals surface area (Å²) in [7, 11) is 1.81. The van der Waals surface area contributed by atoms with E-state index in [1.54, 1.807) is 0 Å². The Morgan fingerprint density at radius 3 is 2.76 bits per heavy atom. The lowest BCUT2D eigenvalue weighted by molar-refractivity contribution is 0.204. The fraction of sp³-hybridized carbons (Fsp3) is 0.273. The predicted molar refractivity (Wildman–Crippen MR) is 71.6 cm³/mol. The van der Waals surface area contributed by atoms with Gasteiger partial charge in [0.15, 0.2) is 4.34 Å². The molecule has 0 saturated carbocycles. The van der Waals surface area contributed by atoms with Crippen molar-refractivity contribution in [3.05, 3.63) is 35.9 Å². The molecule has 1 atom stereocenters. The number of aliphatic hydroxyl groups is 1. The maximum absolute atomic E-state index is 9.97. The van der Waals surface area contributed by atoms with Gasteiger partial charge >= 0.3 is 0 Å². The largest absolute Gasteiger partial charge is 0.388 e. The first kappa shape index (κ1) is 12.3. The second-order valence-electron chi connectivity index (χ2n) is 3.36. The van der Waals surface area contributed by atoms with Gasteiger partial charge in [-0.05, 0) is 5.56 Å². The van der Waals surface area contributed by atoms with E-state index >= 15 is 0 Å². The van der Waals surface area contributed by atoms with E-state index < -0.39 is 6.10 Å². The lowest BCUT2D eigenvalue weighted by Crippen LogP contribution is -1.99. The molecule has 2 aromatic rings. The average molecular weight is 267 g/mol. The Bertz CT molecular complexity index is 461. The summed E-state index contributed by atoms with van der Waals surface area (Å²) in [6.45, 7) is 0. The Labute approximate surface area is 108 Å². The Hall–Kier alpha value is -1.11. The molecule has 0 bridgehead atoms.